The van der Waals surface area contributed by atoms with Gasteiger partial charge in [-0.25, -0.2) is 4.98 Å². The molecular formula is C25H31N3O4S. The third-order valence-electron chi connectivity index (χ3n) is 6.66. The van der Waals surface area contributed by atoms with E-state index in [1.165, 1.54) is 0 Å². The summed E-state index contributed by atoms with van der Waals surface area (Å²) in [4.78, 5) is 23.0. The molecular weight excluding hydrogens is 438 g/mol. The van der Waals surface area contributed by atoms with Crippen molar-refractivity contribution in [3.05, 3.63) is 52.6 Å². The van der Waals surface area contributed by atoms with Gasteiger partial charge in [0.25, 0.3) is 0 Å². The zero-order chi connectivity index (χ0) is 23.2. The summed E-state index contributed by atoms with van der Waals surface area (Å²) in [6.45, 7) is 2.37. The second kappa shape index (κ2) is 11.0. The first-order valence-electron chi connectivity index (χ1n) is 11.5. The van der Waals surface area contributed by atoms with E-state index in [1.807, 2.05) is 35.8 Å². The number of benzene rings is 1. The van der Waals surface area contributed by atoms with Crippen LogP contribution in [0.5, 0.6) is 5.75 Å². The van der Waals surface area contributed by atoms with Crippen molar-refractivity contribution < 1.29 is 19.7 Å². The predicted octanol–water partition coefficient (Wildman–Crippen LogP) is 4.17. The summed E-state index contributed by atoms with van der Waals surface area (Å²) < 4.78 is 5.33. The van der Waals surface area contributed by atoms with Gasteiger partial charge in [-0.2, -0.15) is 0 Å². The zero-order valence-electron chi connectivity index (χ0n) is 18.9. The smallest absolute Gasteiger partial charge is 0.308 e. The van der Waals surface area contributed by atoms with E-state index in [1.54, 1.807) is 24.6 Å². The number of likely N-dealkylation sites (tertiary alicyclic amines) is 1. The van der Waals surface area contributed by atoms with Gasteiger partial charge in [-0.05, 0) is 74.5 Å². The number of hydrogen-bond acceptors (Lipinski definition) is 7. The minimum Gasteiger partial charge on any atom is -0.497 e. The number of piperidine rings is 1. The van der Waals surface area contributed by atoms with Crippen LogP contribution in [-0.4, -0.2) is 57.8 Å². The van der Waals surface area contributed by atoms with E-state index < -0.39 is 18.0 Å². The number of aliphatic carboxylic acids is 1. The number of methoxy groups -OCH3 is 1. The first-order chi connectivity index (χ1) is 16.0. The molecule has 4 rings (SSSR count). The summed E-state index contributed by atoms with van der Waals surface area (Å²) in [6.07, 6.45) is 6.82. The van der Waals surface area contributed by atoms with E-state index in [4.69, 9.17) is 4.74 Å². The molecule has 0 unspecified atom stereocenters. The Hall–Kier alpha value is -2.55. The van der Waals surface area contributed by atoms with Gasteiger partial charge in [0.15, 0.2) is 0 Å². The summed E-state index contributed by atoms with van der Waals surface area (Å²) in [5.74, 6) is -0.356. The quantitative estimate of drug-likeness (QED) is 0.460. The number of carboxylic acid groups (broad SMARTS) is 1. The van der Waals surface area contributed by atoms with Gasteiger partial charge in [0.1, 0.15) is 5.75 Å². The lowest BCUT2D eigenvalue weighted by molar-refractivity contribution is -0.146. The maximum Gasteiger partial charge on any atom is 0.308 e. The van der Waals surface area contributed by atoms with Gasteiger partial charge in [0.2, 0.25) is 0 Å². The summed E-state index contributed by atoms with van der Waals surface area (Å²) in [5.41, 5.74) is 1.62. The average molecular weight is 470 g/mol. The topological polar surface area (TPSA) is 95.8 Å². The van der Waals surface area contributed by atoms with Gasteiger partial charge >= 0.3 is 5.97 Å². The molecule has 176 valence electrons. The number of aliphatic hydroxyl groups excluding tert-OH is 1. The molecule has 0 radical (unpaired) electrons. The van der Waals surface area contributed by atoms with E-state index in [2.05, 4.69) is 14.9 Å². The Labute approximate surface area is 198 Å². The fourth-order valence-corrected chi connectivity index (χ4v) is 5.48. The van der Waals surface area contributed by atoms with Crippen LogP contribution >= 0.6 is 11.3 Å². The van der Waals surface area contributed by atoms with E-state index >= 15 is 0 Å². The van der Waals surface area contributed by atoms with Gasteiger partial charge in [0, 0.05) is 36.1 Å². The lowest BCUT2D eigenvalue weighted by atomic mass is 9.81. The Kier molecular flexibility index (Phi) is 7.90. The number of aliphatic hydroxyl groups is 1. The van der Waals surface area contributed by atoms with Crippen molar-refractivity contribution in [1.82, 2.24) is 14.9 Å². The second-order valence-corrected chi connectivity index (χ2v) is 9.68. The molecule has 0 saturated carbocycles. The largest absolute Gasteiger partial charge is 0.497 e. The van der Waals surface area contributed by atoms with E-state index in [9.17, 15) is 15.0 Å². The molecule has 0 amide bonds. The highest BCUT2D eigenvalue weighted by atomic mass is 32.1. The Morgan fingerprint density at radius 2 is 2.18 bits per heavy atom. The van der Waals surface area contributed by atoms with Crippen molar-refractivity contribution >= 4 is 28.2 Å². The van der Waals surface area contributed by atoms with Crippen LogP contribution in [0.4, 0.5) is 0 Å². The molecule has 3 atom stereocenters. The van der Waals surface area contributed by atoms with Gasteiger partial charge in [-0.15, -0.1) is 11.3 Å². The lowest BCUT2D eigenvalue weighted by Crippen LogP contribution is -2.44. The van der Waals surface area contributed by atoms with Crippen LogP contribution in [0, 0.1) is 11.8 Å². The molecule has 1 aliphatic heterocycles. The third-order valence-corrected chi connectivity index (χ3v) is 7.50. The zero-order valence-corrected chi connectivity index (χ0v) is 19.7. The standard InChI is InChI=1S/C25H31N3O4S/c1-32-18-5-6-22-20(15-18)19(8-10-26-22)23(29)7-4-17-9-13-28(16-21(17)25(30)31)12-2-3-24-27-11-14-33-24/h5-6,8,10-11,14-15,17,21,23,29H,2-4,7,9,12-13,16H2,1H3,(H,30,31)/t17-,21+,23-/m1/s1. The van der Waals surface area contributed by atoms with Crippen LogP contribution in [-0.2, 0) is 11.2 Å². The molecule has 8 heteroatoms. The number of aryl methyl sites for hydroxylation is 1. The van der Waals surface area contributed by atoms with Crippen LogP contribution < -0.4 is 4.74 Å². The Bertz CT molecular complexity index is 1060. The second-order valence-electron chi connectivity index (χ2n) is 8.70. The normalized spacial score (nSPS) is 20.1. The number of thiazole rings is 1. The minimum absolute atomic E-state index is 0.0648. The number of rotatable bonds is 10. The Morgan fingerprint density at radius 1 is 1.30 bits per heavy atom. The van der Waals surface area contributed by atoms with Gasteiger partial charge in [-0.3, -0.25) is 9.78 Å². The Morgan fingerprint density at radius 3 is 2.94 bits per heavy atom. The van der Waals surface area contributed by atoms with Crippen molar-refractivity contribution in [2.75, 3.05) is 26.7 Å². The summed E-state index contributed by atoms with van der Waals surface area (Å²) in [5, 5.41) is 24.8. The fourth-order valence-electron chi connectivity index (χ4n) is 4.82. The molecule has 2 aromatic heterocycles. The number of ether oxygens (including phenoxy) is 1. The van der Waals surface area contributed by atoms with Crippen molar-refractivity contribution in [2.24, 2.45) is 11.8 Å². The van der Waals surface area contributed by atoms with Crippen LogP contribution in [0.2, 0.25) is 0 Å². The molecule has 33 heavy (non-hydrogen) atoms. The SMILES string of the molecule is COc1ccc2nccc([C@H](O)CC[C@@H]3CCN(CCCc4nccs4)C[C@@H]3C(=O)O)c2c1. The summed E-state index contributed by atoms with van der Waals surface area (Å²) in [6, 6.07) is 7.47. The number of carbonyl (C=O) groups is 1. The molecule has 1 aliphatic rings. The van der Waals surface area contributed by atoms with E-state index in [0.29, 0.717) is 19.4 Å². The molecule has 3 heterocycles. The Balaban J connectivity index is 1.34. The first kappa shape index (κ1) is 23.6. The fraction of sp³-hybridized carbons (Fsp3) is 0.480. The molecule has 7 nitrogen and oxygen atoms in total. The highest BCUT2D eigenvalue weighted by Gasteiger charge is 2.34. The number of nitrogens with zero attached hydrogens (tertiary/aromatic N) is 3. The number of aromatic nitrogens is 2. The number of hydrogen-bond donors (Lipinski definition) is 2. The van der Waals surface area contributed by atoms with Crippen molar-refractivity contribution in [1.29, 1.82) is 0 Å². The first-order valence-corrected chi connectivity index (χ1v) is 12.4. The van der Waals surface area contributed by atoms with Crippen LogP contribution in [0.15, 0.2) is 42.0 Å². The van der Waals surface area contributed by atoms with Crippen molar-refractivity contribution in [3.63, 3.8) is 0 Å². The lowest BCUT2D eigenvalue weighted by Gasteiger charge is -2.37. The van der Waals surface area contributed by atoms with E-state index in [0.717, 1.165) is 59.6 Å². The number of fused-ring (bicyclic) bond motifs is 1. The van der Waals surface area contributed by atoms with Crippen LogP contribution in [0.3, 0.4) is 0 Å². The molecule has 2 N–H and O–H groups in total. The minimum atomic E-state index is -0.738. The summed E-state index contributed by atoms with van der Waals surface area (Å²) in [7, 11) is 1.62. The maximum absolute atomic E-state index is 12.0. The highest BCUT2D eigenvalue weighted by molar-refractivity contribution is 7.09. The molecule has 1 aromatic carbocycles. The molecule has 0 spiro atoms. The van der Waals surface area contributed by atoms with Crippen LogP contribution in [0.25, 0.3) is 10.9 Å². The van der Waals surface area contributed by atoms with Crippen molar-refractivity contribution in [3.8, 4) is 5.75 Å². The number of carboxylic acids is 1. The highest BCUT2D eigenvalue weighted by Crippen LogP contribution is 2.33. The monoisotopic (exact) mass is 469 g/mol. The van der Waals surface area contributed by atoms with Gasteiger partial charge in [-0.1, -0.05) is 0 Å². The average Bonchev–Trinajstić information content (AvgIpc) is 3.35. The molecule has 1 fully saturated rings. The maximum atomic E-state index is 12.0. The molecule has 0 aliphatic carbocycles. The van der Waals surface area contributed by atoms with Gasteiger partial charge < -0.3 is 19.8 Å². The predicted molar refractivity (Wildman–Crippen MR) is 129 cm³/mol. The molecule has 1 saturated heterocycles. The molecule has 3 aromatic rings. The van der Waals surface area contributed by atoms with Gasteiger partial charge in [0.05, 0.1) is 29.7 Å². The number of pyridine rings is 1. The molecule has 0 bridgehead atoms. The third kappa shape index (κ3) is 5.88. The van der Waals surface area contributed by atoms with Crippen LogP contribution in [0.1, 0.15) is 42.4 Å². The van der Waals surface area contributed by atoms with Crippen molar-refractivity contribution in [2.45, 2.75) is 38.2 Å². The summed E-state index contributed by atoms with van der Waals surface area (Å²) >= 11 is 1.67. The van der Waals surface area contributed by atoms with E-state index in [-0.39, 0.29) is 5.92 Å².